The van der Waals surface area contributed by atoms with Crippen LogP contribution in [0.25, 0.3) is 0 Å². The second-order valence-corrected chi connectivity index (χ2v) is 6.43. The van der Waals surface area contributed by atoms with Gasteiger partial charge in [0, 0.05) is 18.8 Å². The molecule has 0 bridgehead atoms. The maximum absolute atomic E-state index is 13.8. The summed E-state index contributed by atoms with van der Waals surface area (Å²) in [6.07, 6.45) is -0.393. The number of benzene rings is 1. The Kier molecular flexibility index (Phi) is 3.50. The predicted octanol–water partition coefficient (Wildman–Crippen LogP) is 0.817. The van der Waals surface area contributed by atoms with E-state index >= 15 is 0 Å². The lowest BCUT2D eigenvalue weighted by Crippen LogP contribution is -2.30. The van der Waals surface area contributed by atoms with E-state index in [1.807, 2.05) is 0 Å². The lowest BCUT2D eigenvalue weighted by atomic mass is 10.3. The van der Waals surface area contributed by atoms with Crippen LogP contribution in [0.5, 0.6) is 0 Å². The van der Waals surface area contributed by atoms with Gasteiger partial charge in [0.1, 0.15) is 4.90 Å². The molecular weight excluding hydrogens is 283 g/mol. The molecule has 1 atom stereocenters. The number of rotatable bonds is 2. The summed E-state index contributed by atoms with van der Waals surface area (Å²) in [7, 11) is -4.01. The molecule has 0 saturated carbocycles. The van der Waals surface area contributed by atoms with Crippen molar-refractivity contribution < 1.29 is 17.9 Å². The van der Waals surface area contributed by atoms with Gasteiger partial charge < -0.3 is 10.8 Å². The molecule has 1 aromatic carbocycles. The number of hydrogen-bond donors (Lipinski definition) is 2. The molecule has 0 aliphatic carbocycles. The Bertz CT molecular complexity index is 579. The molecule has 1 saturated heterocycles. The first-order valence-electron chi connectivity index (χ1n) is 5.25. The molecule has 8 heteroatoms. The van der Waals surface area contributed by atoms with Gasteiger partial charge in [-0.25, -0.2) is 12.8 Å². The summed E-state index contributed by atoms with van der Waals surface area (Å²) < 4.78 is 39.1. The summed E-state index contributed by atoms with van der Waals surface area (Å²) in [6.45, 7) is 0.101. The van der Waals surface area contributed by atoms with Gasteiger partial charge in [-0.2, -0.15) is 4.31 Å². The first-order valence-corrected chi connectivity index (χ1v) is 7.07. The van der Waals surface area contributed by atoms with E-state index in [0.717, 1.165) is 16.4 Å². The van der Waals surface area contributed by atoms with Crippen LogP contribution in [0.4, 0.5) is 10.1 Å². The highest BCUT2D eigenvalue weighted by Crippen LogP contribution is 2.29. The molecule has 3 N–H and O–H groups in total. The zero-order chi connectivity index (χ0) is 13.5. The Balaban J connectivity index is 2.48. The third-order valence-corrected chi connectivity index (χ3v) is 4.90. The van der Waals surface area contributed by atoms with Gasteiger partial charge in [-0.1, -0.05) is 11.6 Å². The average Bonchev–Trinajstić information content (AvgIpc) is 2.70. The molecule has 100 valence electrons. The summed E-state index contributed by atoms with van der Waals surface area (Å²) in [5.74, 6) is -1.02. The van der Waals surface area contributed by atoms with Crippen molar-refractivity contribution >= 4 is 27.3 Å². The number of halogens is 2. The van der Waals surface area contributed by atoms with E-state index in [1.54, 1.807) is 0 Å². The lowest BCUT2D eigenvalue weighted by molar-refractivity contribution is 0.189. The molecule has 0 aromatic heterocycles. The largest absolute Gasteiger partial charge is 0.399 e. The maximum Gasteiger partial charge on any atom is 0.246 e. The molecule has 1 aliphatic rings. The minimum Gasteiger partial charge on any atom is -0.399 e. The standard InChI is InChI=1S/C10H12ClFN2O3S/c11-8-3-6(13)4-9(10(8)12)18(16,17)14-2-1-7(15)5-14/h3-4,7,15H,1-2,5,13H2. The Hall–Kier alpha value is -0.890. The van der Waals surface area contributed by atoms with Crippen LogP contribution in [0.3, 0.4) is 0 Å². The summed E-state index contributed by atoms with van der Waals surface area (Å²) in [5.41, 5.74) is 5.54. The molecular formula is C10H12ClFN2O3S. The molecule has 1 aliphatic heterocycles. The van der Waals surface area contributed by atoms with Gasteiger partial charge in [0.15, 0.2) is 5.82 Å². The number of aliphatic hydroxyl groups excluding tert-OH is 1. The van der Waals surface area contributed by atoms with E-state index in [9.17, 15) is 17.9 Å². The van der Waals surface area contributed by atoms with Gasteiger partial charge in [-0.3, -0.25) is 0 Å². The van der Waals surface area contributed by atoms with Crippen molar-refractivity contribution in [2.75, 3.05) is 18.8 Å². The zero-order valence-electron chi connectivity index (χ0n) is 9.31. The van der Waals surface area contributed by atoms with Crippen molar-refractivity contribution in [2.45, 2.75) is 17.4 Å². The maximum atomic E-state index is 13.8. The van der Waals surface area contributed by atoms with Crippen LogP contribution < -0.4 is 5.73 Å². The number of aliphatic hydroxyl groups is 1. The summed E-state index contributed by atoms with van der Waals surface area (Å²) in [6, 6.07) is 2.18. The first-order chi connectivity index (χ1) is 8.32. The van der Waals surface area contributed by atoms with Gasteiger partial charge >= 0.3 is 0 Å². The molecule has 18 heavy (non-hydrogen) atoms. The summed E-state index contributed by atoms with van der Waals surface area (Å²) in [5, 5.41) is 9.00. The van der Waals surface area contributed by atoms with E-state index in [4.69, 9.17) is 17.3 Å². The monoisotopic (exact) mass is 294 g/mol. The fourth-order valence-corrected chi connectivity index (χ4v) is 3.74. The van der Waals surface area contributed by atoms with Crippen molar-refractivity contribution in [1.29, 1.82) is 0 Å². The van der Waals surface area contributed by atoms with Crippen molar-refractivity contribution in [1.82, 2.24) is 4.31 Å². The van der Waals surface area contributed by atoms with Crippen LogP contribution in [0.2, 0.25) is 5.02 Å². The molecule has 1 aromatic rings. The second-order valence-electron chi connectivity index (χ2n) is 4.12. The minimum absolute atomic E-state index is 0.0474. The topological polar surface area (TPSA) is 83.6 Å². The van der Waals surface area contributed by atoms with Gasteiger partial charge in [0.05, 0.1) is 11.1 Å². The number of nitrogen functional groups attached to an aromatic ring is 1. The zero-order valence-corrected chi connectivity index (χ0v) is 10.9. The van der Waals surface area contributed by atoms with Crippen molar-refractivity contribution in [3.8, 4) is 0 Å². The van der Waals surface area contributed by atoms with E-state index in [-0.39, 0.29) is 23.8 Å². The summed E-state index contributed by atoms with van der Waals surface area (Å²) in [4.78, 5) is -0.554. The molecule has 0 spiro atoms. The Morgan fingerprint density at radius 3 is 2.72 bits per heavy atom. The molecule has 2 rings (SSSR count). The Morgan fingerprint density at radius 1 is 1.50 bits per heavy atom. The molecule has 0 radical (unpaired) electrons. The molecule has 1 heterocycles. The van der Waals surface area contributed by atoms with Crippen molar-refractivity contribution in [3.05, 3.63) is 23.0 Å². The number of β-amino-alcohol motifs (C(OH)–C–C–N with tert-alkyl or cyclic N) is 1. The SMILES string of the molecule is Nc1cc(Cl)c(F)c(S(=O)(=O)N2CCC(O)C2)c1. The summed E-state index contributed by atoms with van der Waals surface area (Å²) >= 11 is 5.57. The van der Waals surface area contributed by atoms with Crippen LogP contribution in [0, 0.1) is 5.82 Å². The highest BCUT2D eigenvalue weighted by Gasteiger charge is 2.34. The van der Waals surface area contributed by atoms with E-state index in [2.05, 4.69) is 0 Å². The number of anilines is 1. The fraction of sp³-hybridized carbons (Fsp3) is 0.400. The van der Waals surface area contributed by atoms with E-state index < -0.39 is 26.8 Å². The van der Waals surface area contributed by atoms with Crippen LogP contribution in [0.1, 0.15) is 6.42 Å². The van der Waals surface area contributed by atoms with Gasteiger partial charge in [-0.05, 0) is 18.6 Å². The first kappa shape index (κ1) is 13.5. The predicted molar refractivity (Wildman–Crippen MR) is 65.2 cm³/mol. The normalized spacial score (nSPS) is 21.4. The number of nitrogens with zero attached hydrogens (tertiary/aromatic N) is 1. The molecule has 1 unspecified atom stereocenters. The van der Waals surface area contributed by atoms with Crippen molar-refractivity contribution in [2.24, 2.45) is 0 Å². The molecule has 5 nitrogen and oxygen atoms in total. The second kappa shape index (κ2) is 4.65. The fourth-order valence-electron chi connectivity index (χ4n) is 1.84. The van der Waals surface area contributed by atoms with Crippen LogP contribution in [-0.4, -0.2) is 37.0 Å². The number of hydrogen-bond acceptors (Lipinski definition) is 4. The van der Waals surface area contributed by atoms with Crippen LogP contribution in [0.15, 0.2) is 17.0 Å². The molecule has 1 fully saturated rings. The highest BCUT2D eigenvalue weighted by atomic mass is 35.5. The average molecular weight is 295 g/mol. The van der Waals surface area contributed by atoms with E-state index in [1.165, 1.54) is 0 Å². The van der Waals surface area contributed by atoms with E-state index in [0.29, 0.717) is 6.42 Å². The lowest BCUT2D eigenvalue weighted by Gasteiger charge is -2.16. The highest BCUT2D eigenvalue weighted by molar-refractivity contribution is 7.89. The van der Waals surface area contributed by atoms with Crippen LogP contribution >= 0.6 is 11.6 Å². The smallest absolute Gasteiger partial charge is 0.246 e. The quantitative estimate of drug-likeness (QED) is 0.791. The molecule has 0 amide bonds. The van der Waals surface area contributed by atoms with Gasteiger partial charge in [0.2, 0.25) is 10.0 Å². The van der Waals surface area contributed by atoms with Gasteiger partial charge in [-0.15, -0.1) is 0 Å². The minimum atomic E-state index is -4.01. The Morgan fingerprint density at radius 2 is 2.17 bits per heavy atom. The van der Waals surface area contributed by atoms with Crippen molar-refractivity contribution in [3.63, 3.8) is 0 Å². The number of sulfonamides is 1. The van der Waals surface area contributed by atoms with Crippen LogP contribution in [-0.2, 0) is 10.0 Å². The van der Waals surface area contributed by atoms with Gasteiger partial charge in [0.25, 0.3) is 0 Å². The number of nitrogens with two attached hydrogens (primary N) is 1. The Labute approximate surface area is 109 Å². The third kappa shape index (κ3) is 2.31. The third-order valence-electron chi connectivity index (χ3n) is 2.76.